The average Bonchev–Trinajstić information content (AvgIpc) is 2.69. The van der Waals surface area contributed by atoms with Gasteiger partial charge in [-0.1, -0.05) is 0 Å². The molecule has 0 atom stereocenters. The second-order valence-corrected chi connectivity index (χ2v) is 7.36. The van der Waals surface area contributed by atoms with Gasteiger partial charge in [0.05, 0.1) is 6.54 Å². The Bertz CT molecular complexity index is 1080. The van der Waals surface area contributed by atoms with E-state index in [1.165, 1.54) is 6.07 Å². The van der Waals surface area contributed by atoms with Crippen molar-refractivity contribution in [2.24, 2.45) is 0 Å². The van der Waals surface area contributed by atoms with Crippen LogP contribution in [0, 0.1) is 6.92 Å². The summed E-state index contributed by atoms with van der Waals surface area (Å²) in [5.41, 5.74) is 9.22. The molecule has 4 rings (SSSR count). The fourth-order valence-corrected chi connectivity index (χ4v) is 3.66. The van der Waals surface area contributed by atoms with Crippen molar-refractivity contribution in [3.63, 3.8) is 0 Å². The van der Waals surface area contributed by atoms with Crippen LogP contribution in [0.5, 0.6) is 0 Å². The van der Waals surface area contributed by atoms with Crippen LogP contribution in [0.2, 0.25) is 0 Å². The number of nitrogens with one attached hydrogen (secondary N) is 1. The lowest BCUT2D eigenvalue weighted by atomic mass is 10.1. The molecule has 1 aliphatic heterocycles. The Kier molecular flexibility index (Phi) is 5.22. The number of piperazine rings is 1. The first-order chi connectivity index (χ1) is 14.0. The second-order valence-electron chi connectivity index (χ2n) is 7.36. The van der Waals surface area contributed by atoms with Crippen LogP contribution < -0.4 is 21.6 Å². The van der Waals surface area contributed by atoms with Crippen molar-refractivity contribution in [1.29, 1.82) is 0 Å². The molecular weight excluding hydrogens is 368 g/mol. The van der Waals surface area contributed by atoms with Gasteiger partial charge in [0.25, 0.3) is 0 Å². The summed E-state index contributed by atoms with van der Waals surface area (Å²) in [5.74, 6) is -0.0831. The summed E-state index contributed by atoms with van der Waals surface area (Å²) in [7, 11) is 0. The highest BCUT2D eigenvalue weighted by atomic mass is 16.4. The number of carbonyl (C=O) groups excluding carboxylic acids is 1. The number of nitrogens with zero attached hydrogens (tertiary/aromatic N) is 2. The molecule has 150 valence electrons. The van der Waals surface area contributed by atoms with E-state index in [9.17, 15) is 9.59 Å². The lowest BCUT2D eigenvalue weighted by Crippen LogP contribution is -2.48. The maximum absolute atomic E-state index is 12.5. The molecule has 1 saturated heterocycles. The van der Waals surface area contributed by atoms with Crippen LogP contribution in [-0.2, 0) is 4.79 Å². The van der Waals surface area contributed by atoms with Gasteiger partial charge in [0.2, 0.25) is 5.91 Å². The van der Waals surface area contributed by atoms with Crippen molar-refractivity contribution in [2.45, 2.75) is 6.92 Å². The molecule has 7 nitrogen and oxygen atoms in total. The third-order valence-corrected chi connectivity index (χ3v) is 5.23. The number of rotatable bonds is 4. The summed E-state index contributed by atoms with van der Waals surface area (Å²) in [4.78, 5) is 28.5. The summed E-state index contributed by atoms with van der Waals surface area (Å²) in [6, 6.07) is 14.7. The monoisotopic (exact) mass is 392 g/mol. The van der Waals surface area contributed by atoms with Crippen LogP contribution in [0.15, 0.2) is 57.7 Å². The summed E-state index contributed by atoms with van der Waals surface area (Å²) < 4.78 is 5.25. The fourth-order valence-electron chi connectivity index (χ4n) is 3.66. The van der Waals surface area contributed by atoms with Crippen LogP contribution in [0.3, 0.4) is 0 Å². The number of carbonyl (C=O) groups is 1. The Balaban J connectivity index is 1.34. The van der Waals surface area contributed by atoms with Crippen molar-refractivity contribution < 1.29 is 9.21 Å². The van der Waals surface area contributed by atoms with Gasteiger partial charge in [-0.25, -0.2) is 4.79 Å². The zero-order valence-electron chi connectivity index (χ0n) is 16.4. The van der Waals surface area contributed by atoms with Gasteiger partial charge in [0, 0.05) is 60.8 Å². The smallest absolute Gasteiger partial charge is 0.336 e. The molecule has 0 saturated carbocycles. The minimum absolute atomic E-state index is 0.0831. The quantitative estimate of drug-likeness (QED) is 0.523. The van der Waals surface area contributed by atoms with Gasteiger partial charge in [0.15, 0.2) is 0 Å². The minimum atomic E-state index is -0.391. The van der Waals surface area contributed by atoms with Gasteiger partial charge in [-0.2, -0.15) is 0 Å². The lowest BCUT2D eigenvalue weighted by Gasteiger charge is -2.35. The van der Waals surface area contributed by atoms with Crippen molar-refractivity contribution in [3.8, 4) is 0 Å². The Labute approximate surface area is 168 Å². The number of nitrogen functional groups attached to an aromatic ring is 1. The number of amides is 1. The van der Waals surface area contributed by atoms with Crippen molar-refractivity contribution in [3.05, 3.63) is 64.5 Å². The van der Waals surface area contributed by atoms with Crippen LogP contribution >= 0.6 is 0 Å². The zero-order valence-corrected chi connectivity index (χ0v) is 16.4. The normalized spacial score (nSPS) is 14.9. The van der Waals surface area contributed by atoms with Gasteiger partial charge < -0.3 is 20.4 Å². The van der Waals surface area contributed by atoms with Crippen molar-refractivity contribution in [1.82, 2.24) is 4.90 Å². The zero-order chi connectivity index (χ0) is 20.4. The van der Waals surface area contributed by atoms with E-state index in [1.807, 2.05) is 43.3 Å². The molecule has 0 aliphatic carbocycles. The number of anilines is 3. The Hall–Kier alpha value is -3.32. The van der Waals surface area contributed by atoms with Crippen molar-refractivity contribution >= 4 is 33.9 Å². The number of hydrogen-bond acceptors (Lipinski definition) is 6. The number of benzene rings is 2. The highest BCUT2D eigenvalue weighted by Crippen LogP contribution is 2.21. The number of hydrogen-bond donors (Lipinski definition) is 2. The minimum Gasteiger partial charge on any atom is -0.423 e. The molecule has 1 amide bonds. The molecule has 1 aliphatic rings. The molecule has 3 N–H and O–H groups in total. The molecule has 2 heterocycles. The highest BCUT2D eigenvalue weighted by molar-refractivity contribution is 5.94. The van der Waals surface area contributed by atoms with E-state index in [-0.39, 0.29) is 5.91 Å². The third kappa shape index (κ3) is 4.41. The third-order valence-electron chi connectivity index (χ3n) is 5.23. The van der Waals surface area contributed by atoms with Gasteiger partial charge in [-0.05, 0) is 48.9 Å². The molecule has 3 aromatic rings. The second kappa shape index (κ2) is 7.97. The molecule has 1 aromatic heterocycles. The Morgan fingerprint density at radius 2 is 1.79 bits per heavy atom. The van der Waals surface area contributed by atoms with Crippen LogP contribution in [0.4, 0.5) is 17.1 Å². The van der Waals surface area contributed by atoms with E-state index in [0.717, 1.165) is 48.5 Å². The fraction of sp³-hybridized carbons (Fsp3) is 0.273. The first-order valence-corrected chi connectivity index (χ1v) is 9.65. The van der Waals surface area contributed by atoms with Crippen LogP contribution in [-0.4, -0.2) is 43.5 Å². The lowest BCUT2D eigenvalue weighted by molar-refractivity contribution is -0.117. The summed E-state index contributed by atoms with van der Waals surface area (Å²) >= 11 is 0. The molecule has 0 radical (unpaired) electrons. The maximum Gasteiger partial charge on any atom is 0.336 e. The topological polar surface area (TPSA) is 91.8 Å². The summed E-state index contributed by atoms with van der Waals surface area (Å²) in [6.07, 6.45) is 0. The predicted octanol–water partition coefficient (Wildman–Crippen LogP) is 2.44. The Morgan fingerprint density at radius 1 is 1.07 bits per heavy atom. The van der Waals surface area contributed by atoms with E-state index < -0.39 is 5.63 Å². The Morgan fingerprint density at radius 3 is 2.52 bits per heavy atom. The SMILES string of the molecule is Cc1cc(=O)oc2cc(NC(=O)CN3CCN(c4ccc(N)cc4)CC3)ccc12. The van der Waals surface area contributed by atoms with Gasteiger partial charge in [-0.15, -0.1) is 0 Å². The number of fused-ring (bicyclic) bond motifs is 1. The van der Waals surface area contributed by atoms with Gasteiger partial charge >= 0.3 is 5.63 Å². The van der Waals surface area contributed by atoms with Gasteiger partial charge in [-0.3, -0.25) is 9.69 Å². The standard InChI is InChI=1S/C22H24N4O3/c1-15-12-22(28)29-20-13-17(4-7-19(15)20)24-21(27)14-25-8-10-26(11-9-25)18-5-2-16(23)3-6-18/h2-7,12-13H,8-11,14,23H2,1H3,(H,24,27). The predicted molar refractivity (Wildman–Crippen MR) is 115 cm³/mol. The highest BCUT2D eigenvalue weighted by Gasteiger charge is 2.19. The molecule has 0 spiro atoms. The van der Waals surface area contributed by atoms with E-state index in [2.05, 4.69) is 15.1 Å². The molecule has 7 heteroatoms. The summed E-state index contributed by atoms with van der Waals surface area (Å²) in [5, 5.41) is 3.76. The van der Waals surface area contributed by atoms with E-state index in [4.69, 9.17) is 10.2 Å². The van der Waals surface area contributed by atoms with E-state index in [0.29, 0.717) is 17.8 Å². The summed E-state index contributed by atoms with van der Waals surface area (Å²) in [6.45, 7) is 5.52. The molecule has 2 aromatic carbocycles. The van der Waals surface area contributed by atoms with Crippen LogP contribution in [0.1, 0.15) is 5.56 Å². The average molecular weight is 392 g/mol. The first-order valence-electron chi connectivity index (χ1n) is 9.65. The molecule has 0 unspecified atom stereocenters. The van der Waals surface area contributed by atoms with E-state index >= 15 is 0 Å². The molecule has 1 fully saturated rings. The van der Waals surface area contributed by atoms with Gasteiger partial charge in [0.1, 0.15) is 5.58 Å². The number of aryl methyl sites for hydroxylation is 1. The maximum atomic E-state index is 12.5. The molecule has 0 bridgehead atoms. The molecular formula is C22H24N4O3. The van der Waals surface area contributed by atoms with E-state index in [1.54, 1.807) is 6.07 Å². The molecule has 29 heavy (non-hydrogen) atoms. The van der Waals surface area contributed by atoms with Crippen LogP contribution in [0.25, 0.3) is 11.0 Å². The van der Waals surface area contributed by atoms with Crippen molar-refractivity contribution in [2.75, 3.05) is 48.7 Å². The first kappa shape index (κ1) is 19.0. The number of nitrogens with two attached hydrogens (primary N) is 1. The largest absolute Gasteiger partial charge is 0.423 e.